The van der Waals surface area contributed by atoms with E-state index >= 15 is 0 Å². The van der Waals surface area contributed by atoms with Crippen molar-refractivity contribution >= 4 is 20.9 Å². The summed E-state index contributed by atoms with van der Waals surface area (Å²) in [6.45, 7) is 1.72. The monoisotopic (exact) mass is 298 g/mol. The highest BCUT2D eigenvalue weighted by molar-refractivity contribution is 7.91. The van der Waals surface area contributed by atoms with Crippen LogP contribution >= 0.6 is 0 Å². The molecule has 1 aliphatic carbocycles. The van der Waals surface area contributed by atoms with Gasteiger partial charge in [0.25, 0.3) is 0 Å². The number of nitrogens with zero attached hydrogens (tertiary/aromatic N) is 2. The lowest BCUT2D eigenvalue weighted by atomic mass is 10.0. The molecular formula is C16H14N2O2S. The van der Waals surface area contributed by atoms with Crippen LogP contribution in [0.2, 0.25) is 0 Å². The van der Waals surface area contributed by atoms with Crippen molar-refractivity contribution in [1.29, 1.82) is 5.26 Å². The minimum atomic E-state index is -3.57. The van der Waals surface area contributed by atoms with Crippen LogP contribution in [0.3, 0.4) is 0 Å². The third kappa shape index (κ3) is 1.99. The first-order chi connectivity index (χ1) is 9.98. The Morgan fingerprint density at radius 3 is 2.76 bits per heavy atom. The van der Waals surface area contributed by atoms with Gasteiger partial charge in [-0.15, -0.1) is 0 Å². The molecule has 1 aromatic carbocycles. The van der Waals surface area contributed by atoms with E-state index in [9.17, 15) is 8.42 Å². The highest BCUT2D eigenvalue weighted by atomic mass is 32.2. The van der Waals surface area contributed by atoms with Crippen molar-refractivity contribution in [1.82, 2.24) is 3.97 Å². The fourth-order valence-electron chi connectivity index (χ4n) is 2.52. The normalized spacial score (nSPS) is 21.5. The molecule has 1 atom stereocenters. The molecule has 0 N–H and O–H groups in total. The third-order valence-electron chi connectivity index (χ3n) is 3.85. The summed E-state index contributed by atoms with van der Waals surface area (Å²) in [6, 6.07) is 8.79. The first-order valence-electron chi connectivity index (χ1n) is 6.59. The summed E-state index contributed by atoms with van der Waals surface area (Å²) in [5.41, 5.74) is 1.11. The van der Waals surface area contributed by atoms with Crippen molar-refractivity contribution in [2.45, 2.75) is 18.1 Å². The van der Waals surface area contributed by atoms with E-state index in [0.717, 1.165) is 5.39 Å². The van der Waals surface area contributed by atoms with Crippen LogP contribution in [0.15, 0.2) is 54.8 Å². The van der Waals surface area contributed by atoms with Gasteiger partial charge in [-0.25, -0.2) is 12.4 Å². The Hall–Kier alpha value is -2.32. The largest absolute Gasteiger partial charge is 0.248 e. The standard InChI is InChI=1S/C16H14N2O2S/c1-16(8-3-2-4-9-16)21(19,20)18-10-7-14-11-13(12-17)5-6-15(14)18/h2-8,10-11H,9H2,1H3. The van der Waals surface area contributed by atoms with Gasteiger partial charge >= 0.3 is 0 Å². The molecule has 0 fully saturated rings. The molecule has 0 spiro atoms. The summed E-state index contributed by atoms with van der Waals surface area (Å²) in [5, 5.41) is 9.66. The van der Waals surface area contributed by atoms with E-state index in [1.54, 1.807) is 49.5 Å². The maximum absolute atomic E-state index is 13.0. The molecule has 1 aromatic heterocycles. The van der Waals surface area contributed by atoms with Gasteiger partial charge in [0, 0.05) is 11.6 Å². The van der Waals surface area contributed by atoms with Crippen molar-refractivity contribution in [2.24, 2.45) is 0 Å². The molecule has 1 unspecified atom stereocenters. The molecule has 5 heteroatoms. The van der Waals surface area contributed by atoms with Crippen molar-refractivity contribution in [3.8, 4) is 6.07 Å². The van der Waals surface area contributed by atoms with Crippen LogP contribution < -0.4 is 0 Å². The van der Waals surface area contributed by atoms with Crippen molar-refractivity contribution in [3.63, 3.8) is 0 Å². The first-order valence-corrected chi connectivity index (χ1v) is 8.03. The molecule has 106 valence electrons. The maximum Gasteiger partial charge on any atom is 0.248 e. The second-order valence-electron chi connectivity index (χ2n) is 5.31. The molecule has 0 aliphatic heterocycles. The fraction of sp³-hybridized carbons (Fsp3) is 0.188. The van der Waals surface area contributed by atoms with E-state index in [-0.39, 0.29) is 0 Å². The van der Waals surface area contributed by atoms with Gasteiger partial charge in [-0.2, -0.15) is 5.26 Å². The zero-order chi connectivity index (χ0) is 15.1. The molecule has 21 heavy (non-hydrogen) atoms. The molecule has 0 saturated carbocycles. The van der Waals surface area contributed by atoms with E-state index in [4.69, 9.17) is 5.26 Å². The Kier molecular flexibility index (Phi) is 2.99. The number of rotatable bonds is 2. The molecule has 0 bridgehead atoms. The lowest BCUT2D eigenvalue weighted by Crippen LogP contribution is -2.37. The van der Waals surface area contributed by atoms with E-state index in [1.807, 2.05) is 12.2 Å². The average molecular weight is 298 g/mol. The third-order valence-corrected chi connectivity index (χ3v) is 6.17. The fourth-order valence-corrected chi connectivity index (χ4v) is 4.17. The summed E-state index contributed by atoms with van der Waals surface area (Å²) in [7, 11) is -3.57. The smallest absolute Gasteiger partial charge is 0.244 e. The van der Waals surface area contributed by atoms with Crippen LogP contribution in [0.25, 0.3) is 10.9 Å². The maximum atomic E-state index is 13.0. The van der Waals surface area contributed by atoms with Crippen LogP contribution in [0.1, 0.15) is 18.9 Å². The van der Waals surface area contributed by atoms with Gasteiger partial charge in [-0.1, -0.05) is 24.3 Å². The predicted octanol–water partition coefficient (Wildman–Crippen LogP) is 2.97. The van der Waals surface area contributed by atoms with Crippen LogP contribution in [0, 0.1) is 11.3 Å². The Balaban J connectivity index is 2.19. The van der Waals surface area contributed by atoms with Crippen LogP contribution in [0.5, 0.6) is 0 Å². The SMILES string of the molecule is CC1(S(=O)(=O)n2ccc3cc(C#N)ccc32)C=CC=CC1. The number of nitriles is 1. The molecule has 1 heterocycles. The van der Waals surface area contributed by atoms with Crippen molar-refractivity contribution in [2.75, 3.05) is 0 Å². The zero-order valence-corrected chi connectivity index (χ0v) is 12.3. The number of hydrogen-bond acceptors (Lipinski definition) is 3. The summed E-state index contributed by atoms with van der Waals surface area (Å²) in [6.07, 6.45) is 9.19. The van der Waals surface area contributed by atoms with Gasteiger partial charge in [-0.05, 0) is 37.6 Å². The molecule has 0 radical (unpaired) electrons. The number of allylic oxidation sites excluding steroid dienone is 3. The van der Waals surface area contributed by atoms with Crippen LogP contribution in [-0.2, 0) is 10.0 Å². The predicted molar refractivity (Wildman–Crippen MR) is 82.3 cm³/mol. The molecule has 2 aromatic rings. The van der Waals surface area contributed by atoms with Crippen molar-refractivity contribution < 1.29 is 8.42 Å². The number of hydrogen-bond donors (Lipinski definition) is 0. The molecule has 3 rings (SSSR count). The minimum Gasteiger partial charge on any atom is -0.244 e. The quantitative estimate of drug-likeness (QED) is 0.856. The van der Waals surface area contributed by atoms with E-state index in [2.05, 4.69) is 6.07 Å². The highest BCUT2D eigenvalue weighted by Crippen LogP contribution is 2.31. The molecule has 0 amide bonds. The highest BCUT2D eigenvalue weighted by Gasteiger charge is 2.38. The number of benzene rings is 1. The van der Waals surface area contributed by atoms with Gasteiger partial charge in [0.05, 0.1) is 17.1 Å². The molecule has 4 nitrogen and oxygen atoms in total. The topological polar surface area (TPSA) is 62.9 Å². The molecular weight excluding hydrogens is 284 g/mol. The first kappa shape index (κ1) is 13.7. The average Bonchev–Trinajstić information content (AvgIpc) is 2.91. The van der Waals surface area contributed by atoms with E-state index < -0.39 is 14.8 Å². The Bertz CT molecular complexity index is 913. The molecule has 0 saturated heterocycles. The summed E-state index contributed by atoms with van der Waals surface area (Å²) in [5.74, 6) is 0. The summed E-state index contributed by atoms with van der Waals surface area (Å²) < 4.78 is 26.3. The molecule has 1 aliphatic rings. The summed E-state index contributed by atoms with van der Waals surface area (Å²) in [4.78, 5) is 0. The lowest BCUT2D eigenvalue weighted by molar-refractivity contribution is 0.555. The Morgan fingerprint density at radius 1 is 1.29 bits per heavy atom. The van der Waals surface area contributed by atoms with E-state index in [0.29, 0.717) is 17.5 Å². The van der Waals surface area contributed by atoms with Gasteiger partial charge in [-0.3, -0.25) is 0 Å². The number of fused-ring (bicyclic) bond motifs is 1. The second kappa shape index (κ2) is 4.61. The lowest BCUT2D eigenvalue weighted by Gasteiger charge is -2.27. The van der Waals surface area contributed by atoms with Crippen molar-refractivity contribution in [3.05, 3.63) is 60.3 Å². The minimum absolute atomic E-state index is 0.446. The van der Waals surface area contributed by atoms with E-state index in [1.165, 1.54) is 3.97 Å². The van der Waals surface area contributed by atoms with Gasteiger partial charge in [0.2, 0.25) is 10.0 Å². The van der Waals surface area contributed by atoms with Gasteiger partial charge in [0.15, 0.2) is 0 Å². The zero-order valence-electron chi connectivity index (χ0n) is 11.5. The second-order valence-corrected chi connectivity index (χ2v) is 7.58. The van der Waals surface area contributed by atoms with Gasteiger partial charge < -0.3 is 0 Å². The number of aromatic nitrogens is 1. The van der Waals surface area contributed by atoms with Crippen LogP contribution in [-0.4, -0.2) is 17.1 Å². The van der Waals surface area contributed by atoms with Crippen LogP contribution in [0.4, 0.5) is 0 Å². The summed E-state index contributed by atoms with van der Waals surface area (Å²) >= 11 is 0. The van der Waals surface area contributed by atoms with Gasteiger partial charge in [0.1, 0.15) is 4.75 Å². The Morgan fingerprint density at radius 2 is 2.10 bits per heavy atom. The Labute approximate surface area is 123 Å².